The van der Waals surface area contributed by atoms with Crippen molar-refractivity contribution < 1.29 is 9.63 Å². The van der Waals surface area contributed by atoms with Gasteiger partial charge in [-0.15, -0.1) is 0 Å². The van der Waals surface area contributed by atoms with Crippen molar-refractivity contribution in [3.8, 4) is 11.3 Å². The summed E-state index contributed by atoms with van der Waals surface area (Å²) in [4.78, 5) is 36.8. The van der Waals surface area contributed by atoms with Gasteiger partial charge in [-0.05, 0) is 18.9 Å². The molecular weight excluding hydrogens is 346 g/mol. The van der Waals surface area contributed by atoms with Crippen LogP contribution in [0.3, 0.4) is 0 Å². The lowest BCUT2D eigenvalue weighted by molar-refractivity contribution is -0.125. The second-order valence-corrected chi connectivity index (χ2v) is 6.70. The van der Waals surface area contributed by atoms with E-state index in [1.165, 1.54) is 6.33 Å². The van der Waals surface area contributed by atoms with Crippen LogP contribution in [-0.4, -0.2) is 62.2 Å². The molecule has 2 aromatic heterocycles. The standard InChI is InChI=1S/C18H21N7O2/c19-8-14-7-16(24-27-14)18(26)25-5-2-12(3-6-25)17-22-4-1-15(23-17)13-9-20-11-21-10-13/h1,4,9-12,14H,2-3,5-8,19H2. The third-order valence-corrected chi connectivity index (χ3v) is 4.92. The Bertz CT molecular complexity index is 835. The van der Waals surface area contributed by atoms with Crippen LogP contribution in [0.1, 0.15) is 31.0 Å². The van der Waals surface area contributed by atoms with Crippen LogP contribution in [0.5, 0.6) is 0 Å². The highest BCUT2D eigenvalue weighted by molar-refractivity contribution is 6.39. The van der Waals surface area contributed by atoms with Gasteiger partial charge in [-0.1, -0.05) is 5.16 Å². The molecule has 0 aliphatic carbocycles. The Morgan fingerprint density at radius 3 is 2.74 bits per heavy atom. The van der Waals surface area contributed by atoms with E-state index >= 15 is 0 Å². The van der Waals surface area contributed by atoms with Crippen LogP contribution in [0.25, 0.3) is 11.3 Å². The molecule has 2 aliphatic heterocycles. The molecule has 27 heavy (non-hydrogen) atoms. The molecule has 4 heterocycles. The number of nitrogens with zero attached hydrogens (tertiary/aromatic N) is 6. The Balaban J connectivity index is 1.39. The number of nitrogens with two attached hydrogens (primary N) is 1. The predicted molar refractivity (Wildman–Crippen MR) is 97.6 cm³/mol. The lowest BCUT2D eigenvalue weighted by Crippen LogP contribution is -2.42. The number of likely N-dealkylation sites (tertiary alicyclic amines) is 1. The maximum atomic E-state index is 12.6. The summed E-state index contributed by atoms with van der Waals surface area (Å²) < 4.78 is 0. The van der Waals surface area contributed by atoms with E-state index in [4.69, 9.17) is 10.6 Å². The first-order valence-electron chi connectivity index (χ1n) is 9.05. The van der Waals surface area contributed by atoms with E-state index in [0.717, 1.165) is 29.9 Å². The fourth-order valence-corrected chi connectivity index (χ4v) is 3.37. The summed E-state index contributed by atoms with van der Waals surface area (Å²) in [6, 6.07) is 1.85. The van der Waals surface area contributed by atoms with E-state index in [0.29, 0.717) is 31.8 Å². The normalized spacial score (nSPS) is 20.3. The molecule has 9 nitrogen and oxygen atoms in total. The van der Waals surface area contributed by atoms with Crippen molar-refractivity contribution >= 4 is 11.6 Å². The molecule has 2 aromatic rings. The number of amides is 1. The summed E-state index contributed by atoms with van der Waals surface area (Å²) in [7, 11) is 0. The summed E-state index contributed by atoms with van der Waals surface area (Å²) in [6.07, 6.45) is 8.66. The minimum atomic E-state index is -0.181. The van der Waals surface area contributed by atoms with Gasteiger partial charge in [-0.25, -0.2) is 19.9 Å². The summed E-state index contributed by atoms with van der Waals surface area (Å²) >= 11 is 0. The fraction of sp³-hybridized carbons (Fsp3) is 0.444. The zero-order valence-electron chi connectivity index (χ0n) is 14.9. The van der Waals surface area contributed by atoms with Gasteiger partial charge in [0, 0.05) is 56.1 Å². The Labute approximate surface area is 156 Å². The van der Waals surface area contributed by atoms with Crippen LogP contribution in [0.15, 0.2) is 36.1 Å². The number of aromatic nitrogens is 4. The number of hydrogen-bond acceptors (Lipinski definition) is 8. The maximum absolute atomic E-state index is 12.6. The number of carbonyl (C=O) groups is 1. The minimum Gasteiger partial charge on any atom is -0.390 e. The first kappa shape index (κ1) is 17.5. The topological polar surface area (TPSA) is 119 Å². The number of hydrogen-bond donors (Lipinski definition) is 1. The Morgan fingerprint density at radius 2 is 2.04 bits per heavy atom. The van der Waals surface area contributed by atoms with Crippen LogP contribution >= 0.6 is 0 Å². The van der Waals surface area contributed by atoms with Gasteiger partial charge in [0.1, 0.15) is 24.0 Å². The summed E-state index contributed by atoms with van der Waals surface area (Å²) in [5.41, 5.74) is 7.70. The quantitative estimate of drug-likeness (QED) is 0.846. The SMILES string of the molecule is NCC1CC(C(=O)N2CCC(c3nccc(-c4cncnc4)n3)CC2)=NO1. The van der Waals surface area contributed by atoms with E-state index in [-0.39, 0.29) is 17.9 Å². The van der Waals surface area contributed by atoms with Crippen molar-refractivity contribution in [2.24, 2.45) is 10.9 Å². The third kappa shape index (κ3) is 3.77. The van der Waals surface area contributed by atoms with E-state index < -0.39 is 0 Å². The summed E-state index contributed by atoms with van der Waals surface area (Å²) in [5.74, 6) is 0.964. The number of carbonyl (C=O) groups excluding carboxylic acids is 1. The third-order valence-electron chi connectivity index (χ3n) is 4.92. The lowest BCUT2D eigenvalue weighted by Gasteiger charge is -2.31. The van der Waals surface area contributed by atoms with Crippen LogP contribution in [0, 0.1) is 0 Å². The van der Waals surface area contributed by atoms with Crippen molar-refractivity contribution in [1.29, 1.82) is 0 Å². The minimum absolute atomic E-state index is 0.0551. The van der Waals surface area contributed by atoms with Gasteiger partial charge in [0.05, 0.1) is 5.69 Å². The summed E-state index contributed by atoms with van der Waals surface area (Å²) in [5, 5.41) is 3.89. The van der Waals surface area contributed by atoms with Gasteiger partial charge in [0.15, 0.2) is 0 Å². The molecule has 1 fully saturated rings. The molecule has 0 radical (unpaired) electrons. The van der Waals surface area contributed by atoms with Gasteiger partial charge in [0.25, 0.3) is 5.91 Å². The van der Waals surface area contributed by atoms with Crippen LogP contribution in [0.2, 0.25) is 0 Å². The van der Waals surface area contributed by atoms with E-state index in [1.807, 2.05) is 11.0 Å². The van der Waals surface area contributed by atoms with Crippen LogP contribution < -0.4 is 5.73 Å². The summed E-state index contributed by atoms with van der Waals surface area (Å²) in [6.45, 7) is 1.66. The van der Waals surface area contributed by atoms with Crippen molar-refractivity contribution in [1.82, 2.24) is 24.8 Å². The molecule has 1 atom stereocenters. The maximum Gasteiger partial charge on any atom is 0.271 e. The smallest absolute Gasteiger partial charge is 0.271 e. The monoisotopic (exact) mass is 367 g/mol. The van der Waals surface area contributed by atoms with Crippen LogP contribution in [-0.2, 0) is 9.63 Å². The molecule has 0 spiro atoms. The first-order chi connectivity index (χ1) is 13.2. The van der Waals surface area contributed by atoms with Gasteiger partial charge >= 0.3 is 0 Å². The second-order valence-electron chi connectivity index (χ2n) is 6.70. The average molecular weight is 367 g/mol. The molecule has 0 saturated carbocycles. The highest BCUT2D eigenvalue weighted by Gasteiger charge is 2.31. The highest BCUT2D eigenvalue weighted by Crippen LogP contribution is 2.27. The van der Waals surface area contributed by atoms with Gasteiger partial charge < -0.3 is 15.5 Å². The number of rotatable bonds is 4. The van der Waals surface area contributed by atoms with Gasteiger partial charge in [0.2, 0.25) is 0 Å². The van der Waals surface area contributed by atoms with Gasteiger partial charge in [-0.3, -0.25) is 4.79 Å². The predicted octanol–water partition coefficient (Wildman–Crippen LogP) is 0.743. The van der Waals surface area contributed by atoms with Crippen LogP contribution in [0.4, 0.5) is 0 Å². The number of piperidine rings is 1. The molecule has 9 heteroatoms. The second kappa shape index (κ2) is 7.75. The zero-order valence-corrected chi connectivity index (χ0v) is 14.9. The van der Waals surface area contributed by atoms with Gasteiger partial charge in [-0.2, -0.15) is 0 Å². The lowest BCUT2D eigenvalue weighted by atomic mass is 9.95. The molecule has 2 aliphatic rings. The zero-order chi connectivity index (χ0) is 18.6. The van der Waals surface area contributed by atoms with E-state index in [2.05, 4.69) is 25.1 Å². The number of oxime groups is 1. The van der Waals surface area contributed by atoms with Crippen molar-refractivity contribution in [2.75, 3.05) is 19.6 Å². The highest BCUT2D eigenvalue weighted by atomic mass is 16.6. The molecule has 140 valence electrons. The van der Waals surface area contributed by atoms with Crippen molar-refractivity contribution in [3.05, 3.63) is 36.8 Å². The molecule has 1 saturated heterocycles. The average Bonchev–Trinajstić information content (AvgIpc) is 3.23. The molecule has 0 bridgehead atoms. The van der Waals surface area contributed by atoms with Crippen molar-refractivity contribution in [2.45, 2.75) is 31.3 Å². The first-order valence-corrected chi connectivity index (χ1v) is 9.05. The Hall–Kier alpha value is -2.94. The molecule has 1 unspecified atom stereocenters. The van der Waals surface area contributed by atoms with E-state index in [9.17, 15) is 4.79 Å². The molecular formula is C18H21N7O2. The molecule has 2 N–H and O–H groups in total. The Morgan fingerprint density at radius 1 is 1.26 bits per heavy atom. The van der Waals surface area contributed by atoms with E-state index in [1.54, 1.807) is 18.6 Å². The molecule has 4 rings (SSSR count). The molecule has 0 aromatic carbocycles. The van der Waals surface area contributed by atoms with Crippen molar-refractivity contribution in [3.63, 3.8) is 0 Å². The fourth-order valence-electron chi connectivity index (χ4n) is 3.37. The molecule has 1 amide bonds. The Kier molecular flexibility index (Phi) is 5.01. The largest absolute Gasteiger partial charge is 0.390 e.